The van der Waals surface area contributed by atoms with Crippen LogP contribution in [0.25, 0.3) is 22.4 Å². The summed E-state index contributed by atoms with van der Waals surface area (Å²) < 4.78 is 26.7. The number of aromatic amines is 1. The molecule has 0 saturated heterocycles. The topological polar surface area (TPSA) is 131 Å². The normalized spacial score (nSPS) is 19.2. The van der Waals surface area contributed by atoms with Crippen LogP contribution in [0.5, 0.6) is 0 Å². The molecule has 0 aliphatic heterocycles. The number of amides is 1. The minimum Gasteiger partial charge on any atom is -0.463 e. The number of H-pyrrole nitrogens is 1. The molecular formula is C27H32ClFN6O4. The number of carbonyl (C=O) groups excluding carboxylic acids is 2. The van der Waals surface area contributed by atoms with Crippen LogP contribution in [0.2, 0.25) is 5.02 Å². The molecular weight excluding hydrogens is 527 g/mol. The number of pyridine rings is 1. The number of nitrogens with one attached hydrogen (secondary N) is 3. The van der Waals surface area contributed by atoms with E-state index < -0.39 is 30.0 Å². The monoisotopic (exact) mass is 558 g/mol. The van der Waals surface area contributed by atoms with Crippen molar-refractivity contribution < 1.29 is 23.5 Å². The van der Waals surface area contributed by atoms with Crippen molar-refractivity contribution in [2.75, 3.05) is 11.9 Å². The molecule has 10 nitrogen and oxygen atoms in total. The van der Waals surface area contributed by atoms with E-state index in [1.165, 1.54) is 13.1 Å². The Morgan fingerprint density at radius 3 is 2.69 bits per heavy atom. The summed E-state index contributed by atoms with van der Waals surface area (Å²) in [5, 5.41) is 7.11. The number of nitrogens with zero attached hydrogens (tertiary/aromatic N) is 3. The third-order valence-electron chi connectivity index (χ3n) is 6.56. The van der Waals surface area contributed by atoms with Gasteiger partial charge >= 0.3 is 5.97 Å². The standard InChI is InChI=1S/C27H32ClFN6O4/c1-5-17(6-2)39-22-9-15(27(37)38-7-3)8-21(23(22)33-14(4)36)34-26-20(29)13-32-25(35-26)19-12-31-24-18(19)10-16(28)11-30-24/h8,10-13,17,21-23H,5-7,9H2,1-4H3,(H,30,31)(H,33,36)(H,32,34,35)/t21?,22-,23-/m1/s1. The summed E-state index contributed by atoms with van der Waals surface area (Å²) in [4.78, 5) is 40.8. The summed E-state index contributed by atoms with van der Waals surface area (Å²) >= 11 is 6.13. The average Bonchev–Trinajstić information content (AvgIpc) is 3.32. The minimum absolute atomic E-state index is 0.0850. The molecule has 0 fully saturated rings. The zero-order valence-corrected chi connectivity index (χ0v) is 23.0. The number of hydrogen-bond acceptors (Lipinski definition) is 8. The highest BCUT2D eigenvalue weighted by molar-refractivity contribution is 6.31. The molecule has 4 rings (SSSR count). The van der Waals surface area contributed by atoms with Crippen LogP contribution in [0, 0.1) is 5.82 Å². The van der Waals surface area contributed by atoms with Crippen molar-refractivity contribution in [1.29, 1.82) is 0 Å². The number of fused-ring (bicyclic) bond motifs is 1. The van der Waals surface area contributed by atoms with Gasteiger partial charge in [0.15, 0.2) is 17.5 Å². The smallest absolute Gasteiger partial charge is 0.333 e. The van der Waals surface area contributed by atoms with Crippen molar-refractivity contribution in [1.82, 2.24) is 25.3 Å². The Hall–Kier alpha value is -3.57. The van der Waals surface area contributed by atoms with Crippen molar-refractivity contribution in [2.45, 2.75) is 71.2 Å². The predicted octanol–water partition coefficient (Wildman–Crippen LogP) is 4.56. The van der Waals surface area contributed by atoms with Crippen molar-refractivity contribution in [2.24, 2.45) is 0 Å². The highest BCUT2D eigenvalue weighted by Gasteiger charge is 2.38. The SMILES string of the molecule is CCOC(=O)C1=CC(Nc2nc(-c3c[nH]c4ncc(Cl)cc34)ncc2F)[C@@H](NC(C)=O)[C@H](OC(CC)CC)C1. The Bertz CT molecular complexity index is 1380. The van der Waals surface area contributed by atoms with E-state index >= 15 is 4.39 Å². The molecule has 1 amide bonds. The molecule has 0 spiro atoms. The van der Waals surface area contributed by atoms with Crippen LogP contribution in [0.1, 0.15) is 47.0 Å². The van der Waals surface area contributed by atoms with Gasteiger partial charge in [0.25, 0.3) is 0 Å². The quantitative estimate of drug-likeness (QED) is 0.309. The maximum absolute atomic E-state index is 15.1. The summed E-state index contributed by atoms with van der Waals surface area (Å²) in [6, 6.07) is 0.366. The first-order valence-corrected chi connectivity index (χ1v) is 13.3. The van der Waals surface area contributed by atoms with Crippen LogP contribution in [-0.4, -0.2) is 62.7 Å². The van der Waals surface area contributed by atoms with Crippen LogP contribution in [0.4, 0.5) is 10.2 Å². The van der Waals surface area contributed by atoms with Crippen molar-refractivity contribution >= 4 is 40.3 Å². The lowest BCUT2D eigenvalue weighted by molar-refractivity contribution is -0.139. The molecule has 1 unspecified atom stereocenters. The van der Waals surface area contributed by atoms with Crippen LogP contribution in [-0.2, 0) is 19.1 Å². The van der Waals surface area contributed by atoms with E-state index in [0.717, 1.165) is 19.0 Å². The highest BCUT2D eigenvalue weighted by atomic mass is 35.5. The van der Waals surface area contributed by atoms with Gasteiger partial charge in [-0.25, -0.2) is 24.1 Å². The van der Waals surface area contributed by atoms with Crippen molar-refractivity contribution in [3.63, 3.8) is 0 Å². The van der Waals surface area contributed by atoms with Gasteiger partial charge in [-0.05, 0) is 31.9 Å². The van der Waals surface area contributed by atoms with Gasteiger partial charge in [0, 0.05) is 42.3 Å². The Balaban J connectivity index is 1.73. The largest absolute Gasteiger partial charge is 0.463 e. The van der Waals surface area contributed by atoms with Crippen LogP contribution < -0.4 is 10.6 Å². The first kappa shape index (κ1) is 28.4. The van der Waals surface area contributed by atoms with E-state index in [1.54, 1.807) is 25.3 Å². The van der Waals surface area contributed by atoms with Gasteiger partial charge in [0.05, 0.1) is 42.1 Å². The molecule has 3 atom stereocenters. The van der Waals surface area contributed by atoms with Crippen LogP contribution in [0.15, 0.2) is 36.3 Å². The molecule has 208 valence electrons. The second kappa shape index (κ2) is 12.5. The molecule has 3 N–H and O–H groups in total. The van der Waals surface area contributed by atoms with Gasteiger partial charge in [0.2, 0.25) is 5.91 Å². The van der Waals surface area contributed by atoms with Gasteiger partial charge < -0.3 is 25.1 Å². The molecule has 0 aromatic carbocycles. The number of anilines is 1. The molecule has 3 aromatic heterocycles. The van der Waals surface area contributed by atoms with E-state index in [0.29, 0.717) is 27.2 Å². The maximum Gasteiger partial charge on any atom is 0.333 e. The van der Waals surface area contributed by atoms with Crippen molar-refractivity contribution in [3.8, 4) is 11.4 Å². The number of carbonyl (C=O) groups is 2. The summed E-state index contributed by atoms with van der Waals surface area (Å²) in [5.41, 5.74) is 1.54. The first-order chi connectivity index (χ1) is 18.7. The summed E-state index contributed by atoms with van der Waals surface area (Å²) in [5.74, 6) is -1.35. The Morgan fingerprint density at radius 1 is 1.23 bits per heavy atom. The van der Waals surface area contributed by atoms with Gasteiger partial charge in [-0.2, -0.15) is 0 Å². The highest BCUT2D eigenvalue weighted by Crippen LogP contribution is 2.30. The molecule has 1 aliphatic carbocycles. The fourth-order valence-electron chi connectivity index (χ4n) is 4.67. The fraction of sp³-hybridized carbons (Fsp3) is 0.444. The van der Waals surface area contributed by atoms with E-state index in [9.17, 15) is 9.59 Å². The maximum atomic E-state index is 15.1. The van der Waals surface area contributed by atoms with Gasteiger partial charge in [-0.15, -0.1) is 0 Å². The minimum atomic E-state index is -0.738. The fourth-order valence-corrected chi connectivity index (χ4v) is 4.83. The Morgan fingerprint density at radius 2 is 2.00 bits per heavy atom. The van der Waals surface area contributed by atoms with Gasteiger partial charge in [-0.1, -0.05) is 25.4 Å². The van der Waals surface area contributed by atoms with E-state index in [-0.39, 0.29) is 36.7 Å². The van der Waals surface area contributed by atoms with Gasteiger partial charge in [-0.3, -0.25) is 4.79 Å². The zero-order chi connectivity index (χ0) is 28.1. The van der Waals surface area contributed by atoms with E-state index in [2.05, 4.69) is 30.6 Å². The molecule has 0 bridgehead atoms. The molecule has 39 heavy (non-hydrogen) atoms. The number of hydrogen-bond donors (Lipinski definition) is 3. The third kappa shape index (κ3) is 6.54. The van der Waals surface area contributed by atoms with Gasteiger partial charge in [0.1, 0.15) is 5.65 Å². The molecule has 0 radical (unpaired) electrons. The molecule has 12 heteroatoms. The lowest BCUT2D eigenvalue weighted by atomic mass is 9.87. The predicted molar refractivity (Wildman–Crippen MR) is 146 cm³/mol. The number of rotatable bonds is 10. The summed E-state index contributed by atoms with van der Waals surface area (Å²) in [6.07, 6.45) is 6.98. The Labute approximate surface area is 230 Å². The molecule has 0 saturated carbocycles. The average molecular weight is 559 g/mol. The van der Waals surface area contributed by atoms with Crippen LogP contribution >= 0.6 is 11.6 Å². The van der Waals surface area contributed by atoms with Crippen molar-refractivity contribution in [3.05, 3.63) is 47.1 Å². The number of ether oxygens (including phenoxy) is 2. The summed E-state index contributed by atoms with van der Waals surface area (Å²) in [6.45, 7) is 7.34. The molecule has 3 aromatic rings. The number of esters is 1. The lowest BCUT2D eigenvalue weighted by Gasteiger charge is -2.39. The van der Waals surface area contributed by atoms with Crippen LogP contribution in [0.3, 0.4) is 0 Å². The zero-order valence-electron chi connectivity index (χ0n) is 22.3. The lowest BCUT2D eigenvalue weighted by Crippen LogP contribution is -2.56. The Kier molecular flexibility index (Phi) is 9.13. The van der Waals surface area contributed by atoms with E-state index in [1.807, 2.05) is 13.8 Å². The second-order valence-electron chi connectivity index (χ2n) is 9.27. The second-order valence-corrected chi connectivity index (χ2v) is 9.70. The third-order valence-corrected chi connectivity index (χ3v) is 6.77. The number of halogens is 2. The number of aromatic nitrogens is 4. The molecule has 1 aliphatic rings. The first-order valence-electron chi connectivity index (χ1n) is 13.0. The molecule has 3 heterocycles. The van der Waals surface area contributed by atoms with E-state index in [4.69, 9.17) is 21.1 Å². The summed E-state index contributed by atoms with van der Waals surface area (Å²) in [7, 11) is 0.